The zero-order chi connectivity index (χ0) is 16.9. The number of carbonyl (C=O) groups is 1. The Morgan fingerprint density at radius 1 is 1.24 bits per heavy atom. The maximum atomic E-state index is 11.9. The van der Waals surface area contributed by atoms with Gasteiger partial charge >= 0.3 is 5.97 Å². The maximum absolute atomic E-state index is 11.9. The third-order valence-corrected chi connectivity index (χ3v) is 5.55. The Labute approximate surface area is 157 Å². The van der Waals surface area contributed by atoms with E-state index in [1.54, 1.807) is 0 Å². The number of benzene rings is 1. The molecule has 0 atom stereocenters. The number of nitrogens with zero attached hydrogens (tertiary/aromatic N) is 1. The second-order valence-corrected chi connectivity index (χ2v) is 6.95. The Morgan fingerprint density at radius 3 is 2.68 bits per heavy atom. The molecular formula is C20H31ClN2O2. The first kappa shape index (κ1) is 20.1. The van der Waals surface area contributed by atoms with Crippen molar-refractivity contribution in [2.75, 3.05) is 25.0 Å². The molecule has 2 aliphatic rings. The van der Waals surface area contributed by atoms with Gasteiger partial charge < -0.3 is 10.1 Å². The van der Waals surface area contributed by atoms with E-state index < -0.39 is 0 Å². The lowest BCUT2D eigenvalue weighted by Crippen LogP contribution is -2.39. The van der Waals surface area contributed by atoms with Crippen molar-refractivity contribution in [2.45, 2.75) is 58.5 Å². The van der Waals surface area contributed by atoms with E-state index in [0.29, 0.717) is 12.6 Å². The fourth-order valence-corrected chi connectivity index (χ4v) is 4.20. The number of rotatable bonds is 6. The number of halogens is 1. The van der Waals surface area contributed by atoms with Crippen LogP contribution in [0, 0.1) is 5.92 Å². The SMILES string of the molecule is CCOC(=O)C1CCC(N(CC)Cc2cccc3c2NCC3)CC1.Cl. The van der Waals surface area contributed by atoms with E-state index >= 15 is 0 Å². The maximum Gasteiger partial charge on any atom is 0.308 e. The quantitative estimate of drug-likeness (QED) is 0.772. The first-order chi connectivity index (χ1) is 11.7. The van der Waals surface area contributed by atoms with E-state index in [-0.39, 0.29) is 24.3 Å². The molecule has 1 aliphatic carbocycles. The van der Waals surface area contributed by atoms with E-state index in [4.69, 9.17) is 4.74 Å². The van der Waals surface area contributed by atoms with Gasteiger partial charge in [-0.1, -0.05) is 25.1 Å². The van der Waals surface area contributed by atoms with Gasteiger partial charge in [-0.2, -0.15) is 0 Å². The monoisotopic (exact) mass is 366 g/mol. The van der Waals surface area contributed by atoms with Crippen molar-refractivity contribution < 1.29 is 9.53 Å². The first-order valence-electron chi connectivity index (χ1n) is 9.48. The summed E-state index contributed by atoms with van der Waals surface area (Å²) >= 11 is 0. The van der Waals surface area contributed by atoms with Crippen molar-refractivity contribution in [1.29, 1.82) is 0 Å². The van der Waals surface area contributed by atoms with Gasteiger partial charge in [0, 0.05) is 24.8 Å². The highest BCUT2D eigenvalue weighted by atomic mass is 35.5. The van der Waals surface area contributed by atoms with Crippen LogP contribution >= 0.6 is 12.4 Å². The van der Waals surface area contributed by atoms with Gasteiger partial charge in [-0.15, -0.1) is 12.4 Å². The molecule has 0 saturated heterocycles. The number of nitrogens with one attached hydrogen (secondary N) is 1. The second-order valence-electron chi connectivity index (χ2n) is 6.95. The first-order valence-corrected chi connectivity index (χ1v) is 9.48. The zero-order valence-electron chi connectivity index (χ0n) is 15.4. The van der Waals surface area contributed by atoms with E-state index in [9.17, 15) is 4.79 Å². The normalized spacial score (nSPS) is 22.0. The molecule has 1 fully saturated rings. The number of fused-ring (bicyclic) bond motifs is 1. The van der Waals surface area contributed by atoms with E-state index in [1.807, 2.05) is 6.92 Å². The number of ether oxygens (including phenoxy) is 1. The largest absolute Gasteiger partial charge is 0.466 e. The summed E-state index contributed by atoms with van der Waals surface area (Å²) in [5.74, 6) is 0.117. The number of esters is 1. The Balaban J connectivity index is 0.00000225. The third kappa shape index (κ3) is 4.68. The molecule has 1 aromatic carbocycles. The highest BCUT2D eigenvalue weighted by Crippen LogP contribution is 2.32. The Kier molecular flexibility index (Phi) is 7.57. The fourth-order valence-electron chi connectivity index (χ4n) is 4.20. The van der Waals surface area contributed by atoms with Crippen LogP contribution in [0.5, 0.6) is 0 Å². The number of para-hydroxylation sites is 1. The molecule has 0 amide bonds. The van der Waals surface area contributed by atoms with E-state index in [1.165, 1.54) is 16.8 Å². The smallest absolute Gasteiger partial charge is 0.308 e. The van der Waals surface area contributed by atoms with Gasteiger partial charge in [0.2, 0.25) is 0 Å². The predicted molar refractivity (Wildman–Crippen MR) is 104 cm³/mol. The average Bonchev–Trinajstić information content (AvgIpc) is 3.09. The molecule has 4 nitrogen and oxygen atoms in total. The zero-order valence-corrected chi connectivity index (χ0v) is 16.2. The van der Waals surface area contributed by atoms with Crippen LogP contribution in [-0.4, -0.2) is 36.6 Å². The van der Waals surface area contributed by atoms with Crippen LogP contribution in [0.2, 0.25) is 0 Å². The summed E-state index contributed by atoms with van der Waals surface area (Å²) in [6, 6.07) is 7.26. The highest BCUT2D eigenvalue weighted by molar-refractivity contribution is 5.85. The minimum atomic E-state index is 0. The Hall–Kier alpha value is -1.26. The average molecular weight is 367 g/mol. The lowest BCUT2D eigenvalue weighted by molar-refractivity contribution is -0.149. The molecule has 3 rings (SSSR count). The van der Waals surface area contributed by atoms with Crippen molar-refractivity contribution in [3.8, 4) is 0 Å². The molecule has 0 unspecified atom stereocenters. The predicted octanol–water partition coefficient (Wildman–Crippen LogP) is 4.02. The Bertz CT molecular complexity index is 571. The molecule has 5 heteroatoms. The number of hydrogen-bond acceptors (Lipinski definition) is 4. The molecule has 1 N–H and O–H groups in total. The van der Waals surface area contributed by atoms with Crippen LogP contribution in [-0.2, 0) is 22.5 Å². The molecule has 1 aromatic rings. The van der Waals surface area contributed by atoms with Crippen LogP contribution in [0.15, 0.2) is 18.2 Å². The number of anilines is 1. The standard InChI is InChI=1S/C20H30N2O2.ClH/c1-3-22(14-17-7-5-6-15-12-13-21-19(15)17)18-10-8-16(9-11-18)20(23)24-4-2;/h5-7,16,18,21H,3-4,8-14H2,1-2H3;1H. The van der Waals surface area contributed by atoms with Crippen molar-refractivity contribution in [3.63, 3.8) is 0 Å². The fraction of sp³-hybridized carbons (Fsp3) is 0.650. The van der Waals surface area contributed by atoms with Gasteiger partial charge in [0.05, 0.1) is 12.5 Å². The second kappa shape index (κ2) is 9.44. The molecule has 0 bridgehead atoms. The summed E-state index contributed by atoms with van der Waals surface area (Å²) in [5, 5.41) is 3.55. The summed E-state index contributed by atoms with van der Waals surface area (Å²) in [4.78, 5) is 14.5. The molecule has 25 heavy (non-hydrogen) atoms. The number of carbonyl (C=O) groups excluding carboxylic acids is 1. The minimum Gasteiger partial charge on any atom is -0.466 e. The molecule has 140 valence electrons. The van der Waals surface area contributed by atoms with Crippen molar-refractivity contribution in [3.05, 3.63) is 29.3 Å². The molecular weight excluding hydrogens is 336 g/mol. The van der Waals surface area contributed by atoms with Crippen LogP contribution < -0.4 is 5.32 Å². The van der Waals surface area contributed by atoms with Crippen molar-refractivity contribution in [2.24, 2.45) is 5.92 Å². The van der Waals surface area contributed by atoms with E-state index in [2.05, 4.69) is 35.3 Å². The summed E-state index contributed by atoms with van der Waals surface area (Å²) in [6.07, 6.45) is 5.26. The summed E-state index contributed by atoms with van der Waals surface area (Å²) in [6.45, 7) is 7.73. The van der Waals surface area contributed by atoms with E-state index in [0.717, 1.165) is 51.7 Å². The molecule has 0 spiro atoms. The molecule has 0 aromatic heterocycles. The van der Waals surface area contributed by atoms with Crippen LogP contribution in [0.25, 0.3) is 0 Å². The summed E-state index contributed by atoms with van der Waals surface area (Å²) in [5.41, 5.74) is 4.23. The summed E-state index contributed by atoms with van der Waals surface area (Å²) < 4.78 is 5.19. The van der Waals surface area contributed by atoms with Crippen LogP contribution in [0.1, 0.15) is 50.7 Å². The van der Waals surface area contributed by atoms with Crippen molar-refractivity contribution in [1.82, 2.24) is 4.90 Å². The molecule has 1 aliphatic heterocycles. The van der Waals surface area contributed by atoms with Crippen LogP contribution in [0.4, 0.5) is 5.69 Å². The molecule has 1 saturated carbocycles. The molecule has 1 heterocycles. The van der Waals surface area contributed by atoms with Crippen LogP contribution in [0.3, 0.4) is 0 Å². The molecule has 0 radical (unpaired) electrons. The van der Waals surface area contributed by atoms with Gasteiger partial charge in [0.15, 0.2) is 0 Å². The van der Waals surface area contributed by atoms with Gasteiger partial charge in [-0.05, 0) is 56.7 Å². The van der Waals surface area contributed by atoms with Gasteiger partial charge in [0.1, 0.15) is 0 Å². The Morgan fingerprint density at radius 2 is 2.00 bits per heavy atom. The van der Waals surface area contributed by atoms with Gasteiger partial charge in [0.25, 0.3) is 0 Å². The third-order valence-electron chi connectivity index (χ3n) is 5.55. The number of hydrogen-bond donors (Lipinski definition) is 1. The van der Waals surface area contributed by atoms with Gasteiger partial charge in [-0.25, -0.2) is 0 Å². The lowest BCUT2D eigenvalue weighted by Gasteiger charge is -2.36. The van der Waals surface area contributed by atoms with Gasteiger partial charge in [-0.3, -0.25) is 9.69 Å². The highest BCUT2D eigenvalue weighted by Gasteiger charge is 2.30. The lowest BCUT2D eigenvalue weighted by atomic mass is 9.85. The topological polar surface area (TPSA) is 41.6 Å². The summed E-state index contributed by atoms with van der Waals surface area (Å²) in [7, 11) is 0. The van der Waals surface area contributed by atoms with Crippen molar-refractivity contribution >= 4 is 24.1 Å². The minimum absolute atomic E-state index is 0.